The number of phenolic OH excluding ortho intramolecular Hbond substituents is 1. The highest BCUT2D eigenvalue weighted by Crippen LogP contribution is 2.28. The number of aliphatic hydroxyl groups excluding tert-OH is 1. The molecular formula is C16H25NO3. The van der Waals surface area contributed by atoms with Gasteiger partial charge < -0.3 is 19.8 Å². The summed E-state index contributed by atoms with van der Waals surface area (Å²) in [4.78, 5) is 2.44. The second-order valence-electron chi connectivity index (χ2n) is 5.49. The third-order valence-electron chi connectivity index (χ3n) is 4.30. The van der Waals surface area contributed by atoms with Gasteiger partial charge in [-0.05, 0) is 50.5 Å². The average Bonchev–Trinajstić information content (AvgIpc) is 2.50. The molecule has 2 N–H and O–H groups in total. The Balaban J connectivity index is 1.85. The Hall–Kier alpha value is -1.26. The van der Waals surface area contributed by atoms with Crippen molar-refractivity contribution in [1.29, 1.82) is 0 Å². The van der Waals surface area contributed by atoms with Crippen molar-refractivity contribution in [3.8, 4) is 11.5 Å². The van der Waals surface area contributed by atoms with Gasteiger partial charge in [-0.3, -0.25) is 0 Å². The predicted molar refractivity (Wildman–Crippen MR) is 79.0 cm³/mol. The number of para-hydroxylation sites is 2. The second-order valence-corrected chi connectivity index (χ2v) is 5.49. The van der Waals surface area contributed by atoms with Crippen molar-refractivity contribution < 1.29 is 14.9 Å². The highest BCUT2D eigenvalue weighted by molar-refractivity contribution is 5.37. The fraction of sp³-hybridized carbons (Fsp3) is 0.625. The molecule has 0 aliphatic carbocycles. The van der Waals surface area contributed by atoms with Crippen LogP contribution in [0.3, 0.4) is 0 Å². The Morgan fingerprint density at radius 3 is 2.60 bits per heavy atom. The summed E-state index contributed by atoms with van der Waals surface area (Å²) in [6.07, 6.45) is 2.23. The summed E-state index contributed by atoms with van der Waals surface area (Å²) < 4.78 is 5.67. The van der Waals surface area contributed by atoms with E-state index in [9.17, 15) is 10.2 Å². The first-order valence-corrected chi connectivity index (χ1v) is 7.48. The summed E-state index contributed by atoms with van der Waals surface area (Å²) in [6, 6.07) is 6.97. The lowest BCUT2D eigenvalue weighted by molar-refractivity contribution is 0.0748. The molecule has 4 nitrogen and oxygen atoms in total. The van der Waals surface area contributed by atoms with E-state index in [1.54, 1.807) is 18.2 Å². The lowest BCUT2D eigenvalue weighted by atomic mass is 9.85. The van der Waals surface area contributed by atoms with E-state index < -0.39 is 0 Å². The molecule has 20 heavy (non-hydrogen) atoms. The van der Waals surface area contributed by atoms with E-state index in [1.165, 1.54) is 0 Å². The molecule has 1 aliphatic heterocycles. The molecule has 4 heteroatoms. The molecule has 0 saturated carbocycles. The van der Waals surface area contributed by atoms with Gasteiger partial charge in [0.15, 0.2) is 11.5 Å². The summed E-state index contributed by atoms with van der Waals surface area (Å²) in [5.41, 5.74) is 0. The molecule has 1 saturated heterocycles. The van der Waals surface area contributed by atoms with Crippen LogP contribution < -0.4 is 4.74 Å². The molecule has 112 valence electrons. The van der Waals surface area contributed by atoms with E-state index in [0.29, 0.717) is 18.3 Å². The number of nitrogens with zero attached hydrogens (tertiary/aromatic N) is 1. The van der Waals surface area contributed by atoms with Gasteiger partial charge in [0.2, 0.25) is 0 Å². The van der Waals surface area contributed by atoms with Crippen LogP contribution in [0.25, 0.3) is 0 Å². The minimum Gasteiger partial charge on any atom is -0.504 e. The van der Waals surface area contributed by atoms with Crippen molar-refractivity contribution in [3.63, 3.8) is 0 Å². The largest absolute Gasteiger partial charge is 0.504 e. The average molecular weight is 279 g/mol. The molecule has 1 fully saturated rings. The smallest absolute Gasteiger partial charge is 0.160 e. The van der Waals surface area contributed by atoms with Crippen LogP contribution in [0.1, 0.15) is 19.8 Å². The zero-order valence-corrected chi connectivity index (χ0v) is 12.2. The van der Waals surface area contributed by atoms with Gasteiger partial charge in [-0.1, -0.05) is 19.1 Å². The van der Waals surface area contributed by atoms with Crippen LogP contribution in [0.4, 0.5) is 0 Å². The number of phenols is 1. The highest BCUT2D eigenvalue weighted by Gasteiger charge is 2.26. The molecule has 0 bridgehead atoms. The maximum absolute atomic E-state index is 9.68. The molecule has 0 radical (unpaired) electrons. The lowest BCUT2D eigenvalue weighted by Gasteiger charge is -2.34. The van der Waals surface area contributed by atoms with Crippen LogP contribution in [0, 0.1) is 11.8 Å². The third kappa shape index (κ3) is 3.87. The molecule has 1 atom stereocenters. The van der Waals surface area contributed by atoms with Gasteiger partial charge >= 0.3 is 0 Å². The van der Waals surface area contributed by atoms with Gasteiger partial charge in [-0.2, -0.15) is 0 Å². The summed E-state index contributed by atoms with van der Waals surface area (Å²) in [5, 5.41) is 19.3. The van der Waals surface area contributed by atoms with Gasteiger partial charge in [-0.25, -0.2) is 0 Å². The molecule has 1 aromatic rings. The Morgan fingerprint density at radius 1 is 1.30 bits per heavy atom. The maximum atomic E-state index is 9.68. The number of benzene rings is 1. The predicted octanol–water partition coefficient (Wildman–Crippen LogP) is 2.11. The topological polar surface area (TPSA) is 52.9 Å². The minimum absolute atomic E-state index is 0.143. The number of hydrogen-bond acceptors (Lipinski definition) is 4. The fourth-order valence-electron chi connectivity index (χ4n) is 2.85. The minimum atomic E-state index is 0.143. The number of hydrogen-bond donors (Lipinski definition) is 2. The van der Waals surface area contributed by atoms with Crippen LogP contribution in [-0.4, -0.2) is 48.0 Å². The first-order valence-electron chi connectivity index (χ1n) is 7.48. The van der Waals surface area contributed by atoms with Crippen LogP contribution in [0.5, 0.6) is 11.5 Å². The monoisotopic (exact) mass is 279 g/mol. The van der Waals surface area contributed by atoms with Crippen molar-refractivity contribution in [2.45, 2.75) is 19.8 Å². The van der Waals surface area contributed by atoms with Crippen LogP contribution in [-0.2, 0) is 0 Å². The van der Waals surface area contributed by atoms with Gasteiger partial charge in [-0.15, -0.1) is 0 Å². The molecular weight excluding hydrogens is 254 g/mol. The fourth-order valence-corrected chi connectivity index (χ4v) is 2.85. The van der Waals surface area contributed by atoms with Crippen molar-refractivity contribution in [2.75, 3.05) is 32.8 Å². The van der Waals surface area contributed by atoms with Crippen LogP contribution >= 0.6 is 0 Å². The Bertz CT molecular complexity index is 402. The van der Waals surface area contributed by atoms with Crippen LogP contribution in [0.2, 0.25) is 0 Å². The number of ether oxygens (including phenoxy) is 1. The number of likely N-dealkylation sites (tertiary alicyclic amines) is 1. The maximum Gasteiger partial charge on any atom is 0.160 e. The summed E-state index contributed by atoms with van der Waals surface area (Å²) >= 11 is 0. The molecule has 2 rings (SSSR count). The number of rotatable bonds is 6. The molecule has 1 aromatic carbocycles. The Kier molecular flexibility index (Phi) is 5.68. The molecule has 0 aromatic heterocycles. The van der Waals surface area contributed by atoms with Crippen molar-refractivity contribution in [1.82, 2.24) is 4.90 Å². The number of aliphatic hydroxyl groups is 1. The van der Waals surface area contributed by atoms with E-state index >= 15 is 0 Å². The van der Waals surface area contributed by atoms with Gasteiger partial charge in [0.05, 0.1) is 6.61 Å². The number of piperidine rings is 1. The SMILES string of the molecule is CCN1CCC(C(CO)COc2ccccc2O)CC1. The Morgan fingerprint density at radius 2 is 2.00 bits per heavy atom. The lowest BCUT2D eigenvalue weighted by Crippen LogP contribution is -2.38. The van der Waals surface area contributed by atoms with E-state index in [0.717, 1.165) is 32.5 Å². The molecule has 1 unspecified atom stereocenters. The second kappa shape index (κ2) is 7.50. The van der Waals surface area contributed by atoms with E-state index in [2.05, 4.69) is 11.8 Å². The normalized spacial score (nSPS) is 18.9. The van der Waals surface area contributed by atoms with Crippen molar-refractivity contribution in [2.24, 2.45) is 11.8 Å². The first kappa shape index (κ1) is 15.1. The van der Waals surface area contributed by atoms with Crippen LogP contribution in [0.15, 0.2) is 24.3 Å². The molecule has 1 aliphatic rings. The van der Waals surface area contributed by atoms with E-state index in [4.69, 9.17) is 4.74 Å². The van der Waals surface area contributed by atoms with Crippen molar-refractivity contribution >= 4 is 0 Å². The first-order chi connectivity index (χ1) is 9.74. The van der Waals surface area contributed by atoms with Gasteiger partial charge in [0.1, 0.15) is 0 Å². The quantitative estimate of drug-likeness (QED) is 0.837. The van der Waals surface area contributed by atoms with E-state index in [-0.39, 0.29) is 18.3 Å². The zero-order valence-electron chi connectivity index (χ0n) is 12.2. The van der Waals surface area contributed by atoms with Gasteiger partial charge in [0.25, 0.3) is 0 Å². The number of aromatic hydroxyl groups is 1. The summed E-state index contributed by atoms with van der Waals surface area (Å²) in [6.45, 7) is 6.10. The molecule has 1 heterocycles. The highest BCUT2D eigenvalue weighted by atomic mass is 16.5. The standard InChI is InChI=1S/C16H25NO3/c1-2-17-9-7-13(8-10-17)14(11-18)12-20-16-6-4-3-5-15(16)19/h3-6,13-14,18-19H,2,7-12H2,1H3. The molecule has 0 spiro atoms. The Labute approximate surface area is 121 Å². The zero-order chi connectivity index (χ0) is 14.4. The van der Waals surface area contributed by atoms with E-state index in [1.807, 2.05) is 6.07 Å². The summed E-state index contributed by atoms with van der Waals surface area (Å²) in [7, 11) is 0. The molecule has 0 amide bonds. The van der Waals surface area contributed by atoms with Crippen molar-refractivity contribution in [3.05, 3.63) is 24.3 Å². The van der Waals surface area contributed by atoms with Gasteiger partial charge in [0, 0.05) is 12.5 Å². The summed E-state index contributed by atoms with van der Waals surface area (Å²) in [5.74, 6) is 1.31. The third-order valence-corrected chi connectivity index (χ3v) is 4.30.